The van der Waals surface area contributed by atoms with Crippen molar-refractivity contribution in [2.24, 2.45) is 22.9 Å². The highest BCUT2D eigenvalue weighted by atomic mass is 14.8. The topological polar surface area (TPSA) is 104 Å². The molecule has 0 rings (SSSR count). The summed E-state index contributed by atoms with van der Waals surface area (Å²) >= 11 is 0. The van der Waals surface area contributed by atoms with Crippen LogP contribution in [0.1, 0.15) is 32.1 Å². The Morgan fingerprint density at radius 1 is 0.692 bits per heavy atom. The van der Waals surface area contributed by atoms with Crippen LogP contribution in [0, 0.1) is 0 Å². The van der Waals surface area contributed by atoms with E-state index in [2.05, 4.69) is 0 Å². The number of nitrogens with two attached hydrogens (primary N) is 4. The molecule has 0 aromatic rings. The highest BCUT2D eigenvalue weighted by Gasteiger charge is 2.11. The molecular weight excluding hydrogens is 164 g/mol. The zero-order chi connectivity index (χ0) is 10.1. The van der Waals surface area contributed by atoms with Crippen molar-refractivity contribution in [1.29, 1.82) is 0 Å². The average Bonchev–Trinajstić information content (AvgIpc) is 2.14. The van der Waals surface area contributed by atoms with E-state index in [0.29, 0.717) is 6.54 Å². The second kappa shape index (κ2) is 8.44. The smallest absolute Gasteiger partial charge is 0.0192 e. The molecule has 0 aromatic carbocycles. The van der Waals surface area contributed by atoms with Crippen LogP contribution in [0.15, 0.2) is 0 Å². The van der Waals surface area contributed by atoms with Gasteiger partial charge in [0.1, 0.15) is 0 Å². The van der Waals surface area contributed by atoms with Gasteiger partial charge in [-0.2, -0.15) is 0 Å². The van der Waals surface area contributed by atoms with Gasteiger partial charge >= 0.3 is 0 Å². The highest BCUT2D eigenvalue weighted by Crippen LogP contribution is 2.04. The molecule has 2 atom stereocenters. The van der Waals surface area contributed by atoms with Crippen LogP contribution in [-0.2, 0) is 0 Å². The van der Waals surface area contributed by atoms with Gasteiger partial charge in [0.2, 0.25) is 0 Å². The van der Waals surface area contributed by atoms with Gasteiger partial charge in [-0.3, -0.25) is 0 Å². The molecule has 0 heterocycles. The van der Waals surface area contributed by atoms with E-state index in [0.717, 1.165) is 38.6 Å². The van der Waals surface area contributed by atoms with Crippen LogP contribution in [0.4, 0.5) is 0 Å². The molecule has 0 fully saturated rings. The number of hydrogen-bond donors (Lipinski definition) is 4. The maximum atomic E-state index is 5.89. The lowest BCUT2D eigenvalue weighted by molar-refractivity contribution is 0.447. The Morgan fingerprint density at radius 3 is 1.62 bits per heavy atom. The van der Waals surface area contributed by atoms with Crippen LogP contribution in [0.25, 0.3) is 0 Å². The fourth-order valence-electron chi connectivity index (χ4n) is 1.31. The van der Waals surface area contributed by atoms with Crippen molar-refractivity contribution >= 4 is 0 Å². The van der Waals surface area contributed by atoms with E-state index in [-0.39, 0.29) is 12.1 Å². The summed E-state index contributed by atoms with van der Waals surface area (Å²) in [5.74, 6) is 0. The van der Waals surface area contributed by atoms with Gasteiger partial charge in [-0.25, -0.2) is 0 Å². The van der Waals surface area contributed by atoms with Crippen molar-refractivity contribution in [2.45, 2.75) is 44.2 Å². The SMILES string of the molecule is NCCCCC(N)C(N)CCCN. The van der Waals surface area contributed by atoms with Crippen LogP contribution in [0.2, 0.25) is 0 Å². The second-order valence-corrected chi connectivity index (χ2v) is 3.54. The Hall–Kier alpha value is -0.160. The van der Waals surface area contributed by atoms with E-state index < -0.39 is 0 Å². The molecule has 0 radical (unpaired) electrons. The van der Waals surface area contributed by atoms with Crippen molar-refractivity contribution in [1.82, 2.24) is 0 Å². The fourth-order valence-corrected chi connectivity index (χ4v) is 1.31. The number of unbranched alkanes of at least 4 members (excludes halogenated alkanes) is 1. The maximum absolute atomic E-state index is 5.89. The molecule has 0 aromatic heterocycles. The van der Waals surface area contributed by atoms with Crippen LogP contribution in [-0.4, -0.2) is 25.2 Å². The molecule has 4 heteroatoms. The van der Waals surface area contributed by atoms with Crippen LogP contribution in [0.3, 0.4) is 0 Å². The summed E-state index contributed by atoms with van der Waals surface area (Å²) in [6, 6.07) is 0.208. The van der Waals surface area contributed by atoms with Crippen molar-refractivity contribution in [3.8, 4) is 0 Å². The standard InChI is InChI=1S/C9H24N4/c10-6-2-1-4-8(12)9(13)5-3-7-11/h8-9H,1-7,10-13H2. The molecule has 80 valence electrons. The third-order valence-corrected chi connectivity index (χ3v) is 2.28. The minimum Gasteiger partial charge on any atom is -0.330 e. The van der Waals surface area contributed by atoms with E-state index >= 15 is 0 Å². The Balaban J connectivity index is 3.38. The van der Waals surface area contributed by atoms with Crippen molar-refractivity contribution in [3.05, 3.63) is 0 Å². The first-order valence-corrected chi connectivity index (χ1v) is 5.13. The van der Waals surface area contributed by atoms with Gasteiger partial charge in [0.15, 0.2) is 0 Å². The molecule has 0 aliphatic carbocycles. The van der Waals surface area contributed by atoms with Gasteiger partial charge in [-0.05, 0) is 38.8 Å². The van der Waals surface area contributed by atoms with Gasteiger partial charge in [0.05, 0.1) is 0 Å². The molecule has 0 saturated carbocycles. The molecule has 4 nitrogen and oxygen atoms in total. The predicted octanol–water partition coefficient (Wildman–Crippen LogP) is -0.491. The third-order valence-electron chi connectivity index (χ3n) is 2.28. The summed E-state index contributed by atoms with van der Waals surface area (Å²) < 4.78 is 0. The molecule has 0 bridgehead atoms. The first-order valence-electron chi connectivity index (χ1n) is 5.13. The first-order chi connectivity index (χ1) is 6.22. The minimum absolute atomic E-state index is 0.0984. The van der Waals surface area contributed by atoms with E-state index in [1.54, 1.807) is 0 Å². The highest BCUT2D eigenvalue weighted by molar-refractivity contribution is 4.75. The van der Waals surface area contributed by atoms with Gasteiger partial charge < -0.3 is 22.9 Å². The lowest BCUT2D eigenvalue weighted by Gasteiger charge is -2.19. The van der Waals surface area contributed by atoms with E-state index in [1.165, 1.54) is 0 Å². The summed E-state index contributed by atoms with van der Waals surface area (Å²) in [5, 5.41) is 0. The van der Waals surface area contributed by atoms with Gasteiger partial charge in [-0.15, -0.1) is 0 Å². The molecule has 2 unspecified atom stereocenters. The van der Waals surface area contributed by atoms with Gasteiger partial charge in [0, 0.05) is 12.1 Å². The molecule has 0 amide bonds. The summed E-state index contributed by atoms with van der Waals surface area (Å²) in [6.45, 7) is 1.44. The molecule has 13 heavy (non-hydrogen) atoms. The van der Waals surface area contributed by atoms with E-state index in [1.807, 2.05) is 0 Å². The second-order valence-electron chi connectivity index (χ2n) is 3.54. The van der Waals surface area contributed by atoms with Crippen LogP contribution in [0.5, 0.6) is 0 Å². The number of hydrogen-bond acceptors (Lipinski definition) is 4. The quantitative estimate of drug-likeness (QED) is 0.386. The third kappa shape index (κ3) is 6.95. The lowest BCUT2D eigenvalue weighted by atomic mass is 9.99. The van der Waals surface area contributed by atoms with Gasteiger partial charge in [-0.1, -0.05) is 6.42 Å². The Bertz CT molecular complexity index is 108. The number of rotatable bonds is 8. The minimum atomic E-state index is 0.0984. The molecule has 0 aliphatic rings. The molecule has 0 saturated heterocycles. The first kappa shape index (κ1) is 12.8. The molecular formula is C9H24N4. The maximum Gasteiger partial charge on any atom is 0.0192 e. The fraction of sp³-hybridized carbons (Fsp3) is 1.00. The lowest BCUT2D eigenvalue weighted by Crippen LogP contribution is -2.41. The van der Waals surface area contributed by atoms with Crippen molar-refractivity contribution in [2.75, 3.05) is 13.1 Å². The summed E-state index contributed by atoms with van der Waals surface area (Å²) in [4.78, 5) is 0. The average molecular weight is 188 g/mol. The Labute approximate surface area is 81.0 Å². The van der Waals surface area contributed by atoms with Crippen molar-refractivity contribution in [3.63, 3.8) is 0 Å². The van der Waals surface area contributed by atoms with Crippen LogP contribution >= 0.6 is 0 Å². The van der Waals surface area contributed by atoms with Crippen molar-refractivity contribution < 1.29 is 0 Å². The van der Waals surface area contributed by atoms with Gasteiger partial charge in [0.25, 0.3) is 0 Å². The monoisotopic (exact) mass is 188 g/mol. The predicted molar refractivity (Wildman–Crippen MR) is 57.1 cm³/mol. The zero-order valence-corrected chi connectivity index (χ0v) is 8.41. The Morgan fingerprint density at radius 2 is 1.15 bits per heavy atom. The summed E-state index contributed by atoms with van der Waals surface area (Å²) in [6.07, 6.45) is 4.99. The summed E-state index contributed by atoms with van der Waals surface area (Å²) in [5.41, 5.74) is 22.5. The van der Waals surface area contributed by atoms with E-state index in [9.17, 15) is 0 Å². The molecule has 0 spiro atoms. The largest absolute Gasteiger partial charge is 0.330 e. The van der Waals surface area contributed by atoms with Crippen LogP contribution < -0.4 is 22.9 Å². The normalized spacial score (nSPS) is 15.7. The molecule has 0 aliphatic heterocycles. The Kier molecular flexibility index (Phi) is 8.33. The zero-order valence-electron chi connectivity index (χ0n) is 8.41. The summed E-state index contributed by atoms with van der Waals surface area (Å²) in [7, 11) is 0. The molecule has 8 N–H and O–H groups in total. The van der Waals surface area contributed by atoms with E-state index in [4.69, 9.17) is 22.9 Å².